The van der Waals surface area contributed by atoms with Crippen LogP contribution in [0.15, 0.2) is 36.4 Å². The quantitative estimate of drug-likeness (QED) is 0.316. The molecule has 5 N–H and O–H groups in total. The Morgan fingerprint density at radius 1 is 1.20 bits per heavy atom. The van der Waals surface area contributed by atoms with Crippen LogP contribution in [0.3, 0.4) is 0 Å². The molecule has 1 amide bonds. The number of amides is 1. The zero-order valence-electron chi connectivity index (χ0n) is 19.0. The van der Waals surface area contributed by atoms with Crippen LogP contribution in [-0.2, 0) is 15.6 Å². The second-order valence-electron chi connectivity index (χ2n) is 8.04. The van der Waals surface area contributed by atoms with Gasteiger partial charge in [0.15, 0.2) is 9.84 Å². The fraction of sp³-hybridized carbons (Fsp3) is 0.304. The Morgan fingerprint density at radius 2 is 1.86 bits per heavy atom. The van der Waals surface area contributed by atoms with Crippen LogP contribution < -0.4 is 11.1 Å². The van der Waals surface area contributed by atoms with Crippen molar-refractivity contribution in [1.82, 2.24) is 4.98 Å². The van der Waals surface area contributed by atoms with Gasteiger partial charge in [-0.25, -0.2) is 22.2 Å². The van der Waals surface area contributed by atoms with Gasteiger partial charge in [0.25, 0.3) is 5.91 Å². The highest BCUT2D eigenvalue weighted by Crippen LogP contribution is 2.40. The first kappa shape index (κ1) is 26.7. The van der Waals surface area contributed by atoms with Crippen LogP contribution in [-0.4, -0.2) is 41.4 Å². The lowest BCUT2D eigenvalue weighted by Crippen LogP contribution is -2.19. The number of carbonyl (C=O) groups excluding carboxylic acids is 1. The largest absolute Gasteiger partial charge is 0.392 e. The normalized spacial score (nSPS) is 13.4. The number of sulfone groups is 1. The molecule has 0 aliphatic heterocycles. The standard InChI is InChI=1S/C23H25F2N3O5S2/c1-3-18(30)13-7-16(24)21(17(25)8-13)19-9-15(22(26)31)23(34-19)28-20-6-4-5-14(27-20)11-35(32,33)10-12(2)29/h4-9,12,18,29-30H,3,10-11H2,1-2H3,(H2,26,31)(H,27,28). The van der Waals surface area contributed by atoms with Gasteiger partial charge in [-0.05, 0) is 49.2 Å². The van der Waals surface area contributed by atoms with E-state index in [0.717, 1.165) is 23.5 Å². The zero-order chi connectivity index (χ0) is 25.9. The van der Waals surface area contributed by atoms with Crippen molar-refractivity contribution in [2.24, 2.45) is 5.73 Å². The zero-order valence-corrected chi connectivity index (χ0v) is 20.6. The number of carbonyl (C=O) groups is 1. The van der Waals surface area contributed by atoms with E-state index >= 15 is 0 Å². The molecule has 0 saturated carbocycles. The number of pyridine rings is 1. The summed E-state index contributed by atoms with van der Waals surface area (Å²) in [5, 5.41) is 22.3. The highest BCUT2D eigenvalue weighted by atomic mass is 32.2. The molecule has 0 radical (unpaired) electrons. The number of aromatic nitrogens is 1. The molecular formula is C23H25F2N3O5S2. The Labute approximate surface area is 205 Å². The smallest absolute Gasteiger partial charge is 0.251 e. The minimum absolute atomic E-state index is 0.0320. The molecule has 3 rings (SSSR count). The number of hydrogen-bond acceptors (Lipinski definition) is 8. The number of hydrogen-bond donors (Lipinski definition) is 4. The first-order chi connectivity index (χ1) is 16.4. The van der Waals surface area contributed by atoms with E-state index in [1.165, 1.54) is 25.1 Å². The first-order valence-electron chi connectivity index (χ1n) is 10.6. The number of nitrogens with one attached hydrogen (secondary N) is 1. The number of aliphatic hydroxyl groups is 2. The summed E-state index contributed by atoms with van der Waals surface area (Å²) >= 11 is 0.866. The molecule has 2 unspecified atom stereocenters. The maximum Gasteiger partial charge on any atom is 0.251 e. The molecule has 2 heterocycles. The Bertz CT molecular complexity index is 1320. The SMILES string of the molecule is CCC(O)c1cc(F)c(-c2cc(C(N)=O)c(Nc3cccc(CS(=O)(=O)CC(C)O)n3)s2)c(F)c1. The number of anilines is 2. The maximum atomic E-state index is 14.8. The summed E-state index contributed by atoms with van der Waals surface area (Å²) < 4.78 is 53.9. The van der Waals surface area contributed by atoms with Crippen molar-refractivity contribution in [2.75, 3.05) is 11.1 Å². The summed E-state index contributed by atoms with van der Waals surface area (Å²) in [6.45, 7) is 3.05. The summed E-state index contributed by atoms with van der Waals surface area (Å²) in [5.74, 6) is -3.28. The van der Waals surface area contributed by atoms with E-state index < -0.39 is 51.1 Å². The van der Waals surface area contributed by atoms with E-state index in [0.29, 0.717) is 0 Å². The van der Waals surface area contributed by atoms with Gasteiger partial charge in [0.2, 0.25) is 0 Å². The van der Waals surface area contributed by atoms with Gasteiger partial charge in [0.1, 0.15) is 22.5 Å². The highest BCUT2D eigenvalue weighted by molar-refractivity contribution is 7.90. The summed E-state index contributed by atoms with van der Waals surface area (Å²) in [5.41, 5.74) is 5.36. The molecule has 2 aromatic heterocycles. The van der Waals surface area contributed by atoms with Crippen LogP contribution in [0, 0.1) is 11.6 Å². The molecule has 2 atom stereocenters. The molecular weight excluding hydrogens is 500 g/mol. The molecule has 0 fully saturated rings. The van der Waals surface area contributed by atoms with Gasteiger partial charge < -0.3 is 21.3 Å². The van der Waals surface area contributed by atoms with Gasteiger partial charge in [-0.2, -0.15) is 0 Å². The van der Waals surface area contributed by atoms with E-state index in [1.807, 2.05) is 0 Å². The van der Waals surface area contributed by atoms with Crippen LogP contribution in [0.2, 0.25) is 0 Å². The molecule has 3 aromatic rings. The topological polar surface area (TPSA) is 143 Å². The monoisotopic (exact) mass is 525 g/mol. The number of benzene rings is 1. The molecule has 0 bridgehead atoms. The minimum Gasteiger partial charge on any atom is -0.392 e. The summed E-state index contributed by atoms with van der Waals surface area (Å²) in [6, 6.07) is 7.92. The van der Waals surface area contributed by atoms with E-state index in [2.05, 4.69) is 10.3 Å². The number of primary amides is 1. The van der Waals surface area contributed by atoms with Gasteiger partial charge in [-0.1, -0.05) is 13.0 Å². The third-order valence-electron chi connectivity index (χ3n) is 4.99. The van der Waals surface area contributed by atoms with Gasteiger partial charge >= 0.3 is 0 Å². The number of halogens is 2. The predicted molar refractivity (Wildman–Crippen MR) is 130 cm³/mol. The molecule has 0 saturated heterocycles. The van der Waals surface area contributed by atoms with Crippen molar-refractivity contribution in [1.29, 1.82) is 0 Å². The molecule has 0 aliphatic rings. The van der Waals surface area contributed by atoms with Crippen LogP contribution >= 0.6 is 11.3 Å². The Morgan fingerprint density at radius 3 is 2.43 bits per heavy atom. The number of aliphatic hydroxyl groups excluding tert-OH is 2. The van der Waals surface area contributed by atoms with Crippen molar-refractivity contribution < 1.29 is 32.2 Å². The van der Waals surface area contributed by atoms with Crippen molar-refractivity contribution in [3.8, 4) is 10.4 Å². The molecule has 0 spiro atoms. The molecule has 35 heavy (non-hydrogen) atoms. The van der Waals surface area contributed by atoms with Crippen LogP contribution in [0.5, 0.6) is 0 Å². The third kappa shape index (κ3) is 6.60. The fourth-order valence-corrected chi connectivity index (χ4v) is 6.03. The second-order valence-corrected chi connectivity index (χ2v) is 11.2. The Hall–Kier alpha value is -2.93. The summed E-state index contributed by atoms with van der Waals surface area (Å²) in [6.07, 6.45) is -1.76. The van der Waals surface area contributed by atoms with Crippen LogP contribution in [0.4, 0.5) is 19.6 Å². The average molecular weight is 526 g/mol. The van der Waals surface area contributed by atoms with E-state index in [9.17, 15) is 32.2 Å². The molecule has 0 aliphatic carbocycles. The van der Waals surface area contributed by atoms with Crippen molar-refractivity contribution in [3.05, 3.63) is 64.9 Å². The maximum absolute atomic E-state index is 14.8. The van der Waals surface area contributed by atoms with Gasteiger partial charge in [-0.3, -0.25) is 4.79 Å². The third-order valence-corrected chi connectivity index (χ3v) is 7.78. The highest BCUT2D eigenvalue weighted by Gasteiger charge is 2.22. The fourth-order valence-electron chi connectivity index (χ4n) is 3.44. The second kappa shape index (κ2) is 10.8. The van der Waals surface area contributed by atoms with Crippen molar-refractivity contribution >= 4 is 37.9 Å². The Balaban J connectivity index is 1.95. The molecule has 8 nitrogen and oxygen atoms in total. The van der Waals surface area contributed by atoms with Crippen molar-refractivity contribution in [3.63, 3.8) is 0 Å². The number of rotatable bonds is 10. The van der Waals surface area contributed by atoms with Crippen LogP contribution in [0.25, 0.3) is 10.4 Å². The summed E-state index contributed by atoms with van der Waals surface area (Å²) in [4.78, 5) is 16.3. The van der Waals surface area contributed by atoms with Gasteiger partial charge in [-0.15, -0.1) is 11.3 Å². The lowest BCUT2D eigenvalue weighted by atomic mass is 10.0. The molecule has 1 aromatic carbocycles. The van der Waals surface area contributed by atoms with E-state index in [1.54, 1.807) is 13.0 Å². The molecule has 188 valence electrons. The van der Waals surface area contributed by atoms with E-state index in [-0.39, 0.29) is 44.5 Å². The Kier molecular flexibility index (Phi) is 8.21. The van der Waals surface area contributed by atoms with E-state index in [4.69, 9.17) is 5.73 Å². The van der Waals surface area contributed by atoms with Gasteiger partial charge in [0, 0.05) is 4.88 Å². The molecule has 12 heteroatoms. The number of thiophene rings is 1. The lowest BCUT2D eigenvalue weighted by Gasteiger charge is -2.11. The lowest BCUT2D eigenvalue weighted by molar-refractivity contribution is 0.100. The average Bonchev–Trinajstić information content (AvgIpc) is 3.14. The van der Waals surface area contributed by atoms with Crippen LogP contribution in [0.1, 0.15) is 48.0 Å². The predicted octanol–water partition coefficient (Wildman–Crippen LogP) is 3.67. The van der Waals surface area contributed by atoms with Crippen molar-refractivity contribution in [2.45, 2.75) is 38.2 Å². The first-order valence-corrected chi connectivity index (χ1v) is 13.3. The number of nitrogens with two attached hydrogens (primary N) is 1. The minimum atomic E-state index is -3.61. The summed E-state index contributed by atoms with van der Waals surface area (Å²) in [7, 11) is -3.61. The van der Waals surface area contributed by atoms with Gasteiger partial charge in [0.05, 0.1) is 40.5 Å². The number of nitrogens with zero attached hydrogens (tertiary/aromatic N) is 1.